The summed E-state index contributed by atoms with van der Waals surface area (Å²) in [5.41, 5.74) is 12.7. The summed E-state index contributed by atoms with van der Waals surface area (Å²) in [5.74, 6) is -3.42. The van der Waals surface area contributed by atoms with Gasteiger partial charge in [-0.2, -0.15) is 0 Å². The zero-order valence-electron chi connectivity index (χ0n) is 21.6. The van der Waals surface area contributed by atoms with Gasteiger partial charge in [-0.05, 0) is 86.8 Å². The fourth-order valence-electron chi connectivity index (χ4n) is 5.88. The Kier molecular flexibility index (Phi) is 5.74. The molecule has 41 heavy (non-hydrogen) atoms. The van der Waals surface area contributed by atoms with E-state index in [0.717, 1.165) is 0 Å². The summed E-state index contributed by atoms with van der Waals surface area (Å²) in [7, 11) is 0. The van der Waals surface area contributed by atoms with Crippen LogP contribution < -0.4 is 16.2 Å². The van der Waals surface area contributed by atoms with Crippen LogP contribution in [0.3, 0.4) is 0 Å². The van der Waals surface area contributed by atoms with Crippen LogP contribution in [0.15, 0.2) is 66.7 Å². The van der Waals surface area contributed by atoms with E-state index >= 15 is 0 Å². The van der Waals surface area contributed by atoms with Crippen LogP contribution in [0.4, 0.5) is 0 Å². The Morgan fingerprint density at radius 1 is 0.610 bits per heavy atom. The highest BCUT2D eigenvalue weighted by Crippen LogP contribution is 2.47. The average molecular weight is 547 g/mol. The number of hydrogen-bond donors (Lipinski definition) is 4. The fraction of sp³-hybridized carbons (Fsp3) is 0.0625. The number of benzene rings is 6. The van der Waals surface area contributed by atoms with E-state index < -0.39 is 23.8 Å². The van der Waals surface area contributed by atoms with E-state index in [1.54, 1.807) is 36.4 Å². The first kappa shape index (κ1) is 25.6. The Hall–Kier alpha value is -5.70. The summed E-state index contributed by atoms with van der Waals surface area (Å²) in [6, 6.07) is 17.9. The number of rotatable bonds is 7. The molecular weight excluding hydrogens is 524 g/mol. The van der Waals surface area contributed by atoms with Crippen molar-refractivity contribution in [2.24, 2.45) is 11.5 Å². The molecule has 0 saturated heterocycles. The second kappa shape index (κ2) is 9.20. The molecule has 0 aliphatic heterocycles. The maximum absolute atomic E-state index is 12.8. The first-order valence-electron chi connectivity index (χ1n) is 12.7. The summed E-state index contributed by atoms with van der Waals surface area (Å²) in [4.78, 5) is 49.9. The van der Waals surface area contributed by atoms with Crippen LogP contribution >= 0.6 is 0 Å². The van der Waals surface area contributed by atoms with Crippen molar-refractivity contribution >= 4 is 66.8 Å². The van der Waals surface area contributed by atoms with E-state index in [1.165, 1.54) is 18.2 Å². The molecule has 9 nitrogen and oxygen atoms in total. The number of carbonyl (C=O) groups excluding carboxylic acids is 2. The number of carboxylic acids is 2. The van der Waals surface area contributed by atoms with Gasteiger partial charge in [-0.1, -0.05) is 30.3 Å². The summed E-state index contributed by atoms with van der Waals surface area (Å²) >= 11 is 0. The van der Waals surface area contributed by atoms with Gasteiger partial charge in [0, 0.05) is 21.9 Å². The lowest BCUT2D eigenvalue weighted by molar-refractivity contribution is 0.0695. The van der Waals surface area contributed by atoms with Gasteiger partial charge in [-0.15, -0.1) is 0 Å². The van der Waals surface area contributed by atoms with Gasteiger partial charge in [0.2, 0.25) is 11.8 Å². The normalized spacial score (nSPS) is 11.4. The summed E-state index contributed by atoms with van der Waals surface area (Å²) in [5, 5.41) is 23.6. The lowest BCUT2D eigenvalue weighted by atomic mass is 9.81. The number of ether oxygens (including phenoxy) is 1. The molecule has 6 aromatic carbocycles. The first-order chi connectivity index (χ1) is 19.6. The Morgan fingerprint density at radius 3 is 1.66 bits per heavy atom. The van der Waals surface area contributed by atoms with Crippen LogP contribution in [0, 0.1) is 0 Å². The molecule has 0 fully saturated rings. The molecule has 202 valence electrons. The maximum Gasteiger partial charge on any atom is 0.336 e. The molecular formula is C32H22N2O7. The molecule has 6 N–H and O–H groups in total. The van der Waals surface area contributed by atoms with Gasteiger partial charge in [-0.25, -0.2) is 9.59 Å². The van der Waals surface area contributed by atoms with Gasteiger partial charge in [0.15, 0.2) is 0 Å². The van der Waals surface area contributed by atoms with E-state index in [0.29, 0.717) is 55.8 Å². The van der Waals surface area contributed by atoms with Crippen molar-refractivity contribution in [3.63, 3.8) is 0 Å². The molecule has 2 amide bonds. The quantitative estimate of drug-likeness (QED) is 0.153. The largest absolute Gasteiger partial charge is 0.494 e. The van der Waals surface area contributed by atoms with Crippen molar-refractivity contribution in [1.29, 1.82) is 0 Å². The van der Waals surface area contributed by atoms with Crippen LogP contribution in [0.2, 0.25) is 0 Å². The molecule has 0 unspecified atom stereocenters. The van der Waals surface area contributed by atoms with Crippen molar-refractivity contribution in [2.75, 3.05) is 6.61 Å². The topological polar surface area (TPSA) is 170 Å². The number of nitrogens with two attached hydrogens (primary N) is 2. The third-order valence-corrected chi connectivity index (χ3v) is 7.47. The Morgan fingerprint density at radius 2 is 1.12 bits per heavy atom. The number of hydrogen-bond acceptors (Lipinski definition) is 5. The van der Waals surface area contributed by atoms with Crippen LogP contribution in [-0.4, -0.2) is 40.6 Å². The molecule has 0 saturated carbocycles. The van der Waals surface area contributed by atoms with Gasteiger partial charge in [0.05, 0.1) is 17.7 Å². The molecule has 9 heteroatoms. The van der Waals surface area contributed by atoms with Crippen LogP contribution in [-0.2, 0) is 0 Å². The van der Waals surface area contributed by atoms with Gasteiger partial charge in [0.25, 0.3) is 0 Å². The lowest BCUT2D eigenvalue weighted by Crippen LogP contribution is -2.17. The number of amides is 2. The Bertz CT molecular complexity index is 2090. The van der Waals surface area contributed by atoms with E-state index in [2.05, 4.69) is 0 Å². The minimum absolute atomic E-state index is 0.0781. The van der Waals surface area contributed by atoms with Gasteiger partial charge in [-0.3, -0.25) is 9.59 Å². The van der Waals surface area contributed by atoms with E-state index in [1.807, 2.05) is 19.1 Å². The number of carbonyl (C=O) groups is 4. The highest BCUT2D eigenvalue weighted by Gasteiger charge is 2.27. The predicted octanol–water partition coefficient (Wildman–Crippen LogP) is 5.40. The smallest absolute Gasteiger partial charge is 0.336 e. The van der Waals surface area contributed by atoms with Crippen molar-refractivity contribution < 1.29 is 34.1 Å². The summed E-state index contributed by atoms with van der Waals surface area (Å²) in [6.07, 6.45) is 0. The van der Waals surface area contributed by atoms with Crippen molar-refractivity contribution in [1.82, 2.24) is 0 Å². The monoisotopic (exact) mass is 546 g/mol. The van der Waals surface area contributed by atoms with E-state index in [9.17, 15) is 29.4 Å². The van der Waals surface area contributed by atoms with E-state index in [-0.39, 0.29) is 33.0 Å². The van der Waals surface area contributed by atoms with Crippen molar-refractivity contribution in [3.05, 3.63) is 89.0 Å². The van der Waals surface area contributed by atoms with Crippen molar-refractivity contribution in [3.8, 4) is 16.9 Å². The van der Waals surface area contributed by atoms with Crippen LogP contribution in [0.5, 0.6) is 5.75 Å². The van der Waals surface area contributed by atoms with Gasteiger partial charge >= 0.3 is 11.9 Å². The van der Waals surface area contributed by atoms with Crippen LogP contribution in [0.1, 0.15) is 48.4 Å². The predicted molar refractivity (Wildman–Crippen MR) is 155 cm³/mol. The highest BCUT2D eigenvalue weighted by molar-refractivity contribution is 6.40. The SMILES string of the molecule is CCOc1ccc(-c2cc(C(N)=O)c3c(C(N)=O)ccc4c5ccc(C(=O)O)c6c(C(=O)O)ccc(c2c34)c65)cc1. The molecule has 0 spiro atoms. The number of primary amides is 2. The van der Waals surface area contributed by atoms with Gasteiger partial charge < -0.3 is 26.4 Å². The van der Waals surface area contributed by atoms with Crippen LogP contribution in [0.25, 0.3) is 54.2 Å². The third kappa shape index (κ3) is 3.70. The minimum atomic E-state index is -1.27. The van der Waals surface area contributed by atoms with E-state index in [4.69, 9.17) is 16.2 Å². The number of carboxylic acid groups (broad SMARTS) is 2. The van der Waals surface area contributed by atoms with Crippen molar-refractivity contribution in [2.45, 2.75) is 6.92 Å². The Balaban J connectivity index is 1.94. The fourth-order valence-corrected chi connectivity index (χ4v) is 5.88. The zero-order chi connectivity index (χ0) is 29.2. The second-order valence-electron chi connectivity index (χ2n) is 9.62. The molecule has 0 radical (unpaired) electrons. The summed E-state index contributed by atoms with van der Waals surface area (Å²) in [6.45, 7) is 2.34. The molecule has 0 bridgehead atoms. The standard InChI is InChI=1S/C32H22N2O7/c1-2-41-15-5-3-14(4-6-15)22-13-23(30(34)36)26-19(29(33)35)10-7-17-16-8-11-20(31(37)38)27-21(32(39)40)12-9-18(24(16)27)25(22)28(17)26/h3-13H,2H2,1H3,(H2,33,35)(H2,34,36)(H,37,38)(H,39,40). The summed E-state index contributed by atoms with van der Waals surface area (Å²) < 4.78 is 5.59. The number of aromatic carboxylic acids is 2. The molecule has 0 aliphatic rings. The zero-order valence-corrected chi connectivity index (χ0v) is 21.6. The second-order valence-corrected chi connectivity index (χ2v) is 9.62. The highest BCUT2D eigenvalue weighted by atomic mass is 16.5. The lowest BCUT2D eigenvalue weighted by Gasteiger charge is -2.21. The molecule has 0 aliphatic carbocycles. The molecule has 6 aromatic rings. The van der Waals surface area contributed by atoms with Gasteiger partial charge in [0.1, 0.15) is 5.75 Å². The maximum atomic E-state index is 12.8. The molecule has 0 aromatic heterocycles. The molecule has 6 rings (SSSR count). The molecule has 0 atom stereocenters. The first-order valence-corrected chi connectivity index (χ1v) is 12.7. The average Bonchev–Trinajstić information content (AvgIpc) is 2.94. The Labute approximate surface area is 231 Å². The third-order valence-electron chi connectivity index (χ3n) is 7.47. The number of fused-ring (bicyclic) bond motifs is 2. The minimum Gasteiger partial charge on any atom is -0.494 e. The molecule has 0 heterocycles.